The molecule has 1 atom stereocenters. The van der Waals surface area contributed by atoms with E-state index in [2.05, 4.69) is 6.07 Å². The number of thiophene rings is 1. The molecule has 0 amide bonds. The van der Waals surface area contributed by atoms with Crippen molar-refractivity contribution in [1.82, 2.24) is 9.97 Å². The molecule has 7 heteroatoms. The van der Waals surface area contributed by atoms with Crippen LogP contribution in [0.4, 0.5) is 5.95 Å². The summed E-state index contributed by atoms with van der Waals surface area (Å²) in [5.74, 6) is 0.731. The summed E-state index contributed by atoms with van der Waals surface area (Å²) in [6, 6.07) is 27.0. The Morgan fingerprint density at radius 3 is 2.59 bits per heavy atom. The largest absolute Gasteiger partial charge is 0.508 e. The molecule has 3 heterocycles. The highest BCUT2D eigenvalue weighted by atomic mass is 35.5. The summed E-state index contributed by atoms with van der Waals surface area (Å²) in [7, 11) is 0. The van der Waals surface area contributed by atoms with E-state index in [-0.39, 0.29) is 11.8 Å². The normalized spacial score (nSPS) is 15.6. The number of rotatable bonds is 4. The van der Waals surface area contributed by atoms with Gasteiger partial charge in [-0.1, -0.05) is 60.1 Å². The summed E-state index contributed by atoms with van der Waals surface area (Å²) in [5, 5.41) is 20.6. The minimum Gasteiger partial charge on any atom is -0.508 e. The topological polar surface area (TPSA) is 61.6 Å². The van der Waals surface area contributed by atoms with Gasteiger partial charge in [-0.2, -0.15) is 5.10 Å². The lowest BCUT2D eigenvalue weighted by Gasteiger charge is -2.23. The van der Waals surface area contributed by atoms with Gasteiger partial charge >= 0.3 is 0 Å². The molecular formula is C27H19ClN4OS. The van der Waals surface area contributed by atoms with Crippen LogP contribution >= 0.6 is 22.9 Å². The number of fused-ring (bicyclic) bond motifs is 1. The summed E-state index contributed by atoms with van der Waals surface area (Å²) >= 11 is 7.99. The molecule has 5 nitrogen and oxygen atoms in total. The van der Waals surface area contributed by atoms with E-state index in [9.17, 15) is 5.11 Å². The average molecular weight is 483 g/mol. The molecule has 1 N–H and O–H groups in total. The Hall–Kier alpha value is -3.74. The standard InChI is InChI=1S/C27H19ClN4OS/c28-19-11-12-22-21(15-19)26(17-6-2-1-3-7-17)30-27(29-22)32-24(18-8-4-9-20(33)14-18)16-23(31-32)25-10-5-13-34-25/h1-15,24,33H,16H2. The fourth-order valence-electron chi connectivity index (χ4n) is 4.28. The number of anilines is 1. The zero-order valence-electron chi connectivity index (χ0n) is 18.0. The molecule has 0 saturated carbocycles. The molecule has 6 rings (SSSR count). The highest BCUT2D eigenvalue weighted by Gasteiger charge is 2.32. The number of hydrogen-bond donors (Lipinski definition) is 1. The van der Waals surface area contributed by atoms with Crippen LogP contribution in [-0.4, -0.2) is 20.8 Å². The van der Waals surface area contributed by atoms with E-state index < -0.39 is 0 Å². The highest BCUT2D eigenvalue weighted by molar-refractivity contribution is 7.12. The predicted molar refractivity (Wildman–Crippen MR) is 139 cm³/mol. The van der Waals surface area contributed by atoms with E-state index >= 15 is 0 Å². The van der Waals surface area contributed by atoms with Crippen LogP contribution in [0.1, 0.15) is 22.9 Å². The number of aromatic nitrogens is 2. The molecule has 0 saturated heterocycles. The van der Waals surface area contributed by atoms with Crippen LogP contribution in [0.2, 0.25) is 5.02 Å². The van der Waals surface area contributed by atoms with Crippen molar-refractivity contribution in [3.63, 3.8) is 0 Å². The van der Waals surface area contributed by atoms with Gasteiger partial charge in [-0.15, -0.1) is 11.3 Å². The van der Waals surface area contributed by atoms with Crippen LogP contribution in [0.15, 0.2) is 95.4 Å². The maximum Gasteiger partial charge on any atom is 0.247 e. The zero-order valence-corrected chi connectivity index (χ0v) is 19.5. The second kappa shape index (κ2) is 8.56. The molecule has 0 fully saturated rings. The van der Waals surface area contributed by atoms with Crippen molar-refractivity contribution in [3.8, 4) is 17.0 Å². The first-order chi connectivity index (χ1) is 16.7. The average Bonchev–Trinajstić information content (AvgIpc) is 3.54. The summed E-state index contributed by atoms with van der Waals surface area (Å²) in [6.45, 7) is 0. The summed E-state index contributed by atoms with van der Waals surface area (Å²) < 4.78 is 0. The van der Waals surface area contributed by atoms with Crippen LogP contribution in [0, 0.1) is 0 Å². The lowest BCUT2D eigenvalue weighted by Crippen LogP contribution is -2.21. The molecule has 166 valence electrons. The Labute approximate surface area is 205 Å². The third kappa shape index (κ3) is 3.81. The second-order valence-corrected chi connectivity index (χ2v) is 9.47. The molecule has 0 bridgehead atoms. The van der Waals surface area contributed by atoms with Gasteiger partial charge in [0.05, 0.1) is 27.8 Å². The van der Waals surface area contributed by atoms with E-state index in [1.165, 1.54) is 0 Å². The Morgan fingerprint density at radius 2 is 1.79 bits per heavy atom. The lowest BCUT2D eigenvalue weighted by atomic mass is 10.0. The van der Waals surface area contributed by atoms with Gasteiger partial charge in [-0.05, 0) is 47.3 Å². The third-order valence-electron chi connectivity index (χ3n) is 5.87. The molecule has 1 aliphatic rings. The monoisotopic (exact) mass is 482 g/mol. The number of phenols is 1. The SMILES string of the molecule is Oc1cccc(C2CC(c3cccs3)=NN2c2nc(-c3ccccc3)c3cc(Cl)ccc3n2)c1. The fourth-order valence-corrected chi connectivity index (χ4v) is 5.18. The number of nitrogens with zero attached hydrogens (tertiary/aromatic N) is 4. The van der Waals surface area contributed by atoms with Gasteiger partial charge in [0.1, 0.15) is 5.75 Å². The molecule has 0 spiro atoms. The van der Waals surface area contributed by atoms with Crippen LogP contribution in [0.25, 0.3) is 22.2 Å². The Kier molecular flexibility index (Phi) is 5.24. The Morgan fingerprint density at radius 1 is 0.912 bits per heavy atom. The maximum absolute atomic E-state index is 10.1. The molecule has 34 heavy (non-hydrogen) atoms. The predicted octanol–water partition coefficient (Wildman–Crippen LogP) is 7.07. The summed E-state index contributed by atoms with van der Waals surface area (Å²) in [5.41, 5.74) is 4.51. The van der Waals surface area contributed by atoms with Crippen LogP contribution < -0.4 is 5.01 Å². The number of aromatic hydroxyl groups is 1. The van der Waals surface area contributed by atoms with Gasteiger partial charge in [-0.3, -0.25) is 0 Å². The number of halogens is 1. The number of phenolic OH excluding ortho intramolecular Hbond substituents is 1. The van der Waals surface area contributed by atoms with E-state index in [1.54, 1.807) is 23.5 Å². The molecular weight excluding hydrogens is 464 g/mol. The lowest BCUT2D eigenvalue weighted by molar-refractivity contribution is 0.473. The van der Waals surface area contributed by atoms with Crippen molar-refractivity contribution in [2.75, 3.05) is 5.01 Å². The van der Waals surface area contributed by atoms with Crippen molar-refractivity contribution in [2.45, 2.75) is 12.5 Å². The van der Waals surface area contributed by atoms with E-state index in [0.717, 1.165) is 38.3 Å². The molecule has 3 aromatic carbocycles. The minimum absolute atomic E-state index is 0.141. The molecule has 1 aliphatic heterocycles. The smallest absolute Gasteiger partial charge is 0.247 e. The number of hydrazone groups is 1. The van der Waals surface area contributed by atoms with Crippen LogP contribution in [-0.2, 0) is 0 Å². The van der Waals surface area contributed by atoms with Crippen molar-refractivity contribution in [2.24, 2.45) is 5.10 Å². The van der Waals surface area contributed by atoms with Gasteiger partial charge in [0.25, 0.3) is 0 Å². The summed E-state index contributed by atoms with van der Waals surface area (Å²) in [4.78, 5) is 11.0. The highest BCUT2D eigenvalue weighted by Crippen LogP contribution is 2.39. The molecule has 5 aromatic rings. The first kappa shape index (κ1) is 20.8. The maximum atomic E-state index is 10.1. The molecule has 0 aliphatic carbocycles. The van der Waals surface area contributed by atoms with E-state index in [1.807, 2.05) is 77.1 Å². The van der Waals surface area contributed by atoms with Gasteiger partial charge in [0, 0.05) is 22.4 Å². The van der Waals surface area contributed by atoms with Gasteiger partial charge in [0.15, 0.2) is 0 Å². The Bertz CT molecular complexity index is 1520. The first-order valence-corrected chi connectivity index (χ1v) is 12.1. The van der Waals surface area contributed by atoms with E-state index in [4.69, 9.17) is 26.7 Å². The molecule has 0 radical (unpaired) electrons. The number of hydrogen-bond acceptors (Lipinski definition) is 6. The van der Waals surface area contributed by atoms with Gasteiger partial charge < -0.3 is 5.11 Å². The van der Waals surface area contributed by atoms with Crippen LogP contribution in [0.5, 0.6) is 5.75 Å². The molecule has 2 aromatic heterocycles. The van der Waals surface area contributed by atoms with Gasteiger partial charge in [0.2, 0.25) is 5.95 Å². The Balaban J connectivity index is 1.55. The summed E-state index contributed by atoms with van der Waals surface area (Å²) in [6.07, 6.45) is 0.687. The van der Waals surface area contributed by atoms with E-state index in [0.29, 0.717) is 17.4 Å². The second-order valence-electron chi connectivity index (χ2n) is 8.08. The first-order valence-electron chi connectivity index (χ1n) is 10.9. The zero-order chi connectivity index (χ0) is 23.1. The molecule has 1 unspecified atom stereocenters. The van der Waals surface area contributed by atoms with Crippen molar-refractivity contribution >= 4 is 45.5 Å². The van der Waals surface area contributed by atoms with Crippen molar-refractivity contribution in [3.05, 3.63) is 106 Å². The minimum atomic E-state index is -0.141. The van der Waals surface area contributed by atoms with Gasteiger partial charge in [-0.25, -0.2) is 15.0 Å². The quantitative estimate of drug-likeness (QED) is 0.297. The van der Waals surface area contributed by atoms with Crippen LogP contribution in [0.3, 0.4) is 0 Å². The van der Waals surface area contributed by atoms with Crippen molar-refractivity contribution < 1.29 is 5.11 Å². The number of benzene rings is 3. The third-order valence-corrected chi connectivity index (χ3v) is 7.02. The van der Waals surface area contributed by atoms with Crippen molar-refractivity contribution in [1.29, 1.82) is 0 Å². The fraction of sp³-hybridized carbons (Fsp3) is 0.0741.